The molecule has 0 radical (unpaired) electrons. The quantitative estimate of drug-likeness (QED) is 0.546. The van der Waals surface area contributed by atoms with E-state index in [1.165, 1.54) is 0 Å². The van der Waals surface area contributed by atoms with Crippen molar-refractivity contribution in [2.45, 2.75) is 25.0 Å². The second-order valence-corrected chi connectivity index (χ2v) is 3.06. The molecule has 0 aromatic carbocycles. The van der Waals surface area contributed by atoms with Gasteiger partial charge in [-0.1, -0.05) is 0 Å². The van der Waals surface area contributed by atoms with Crippen molar-refractivity contribution in [1.82, 2.24) is 0 Å². The molecule has 0 aromatic rings. The molecule has 2 aliphatic heterocycles. The highest BCUT2D eigenvalue weighted by molar-refractivity contribution is 5.31. The maximum atomic E-state index is 8.94. The maximum Gasteiger partial charge on any atom is 0.0820 e. The van der Waals surface area contributed by atoms with Crippen molar-refractivity contribution in [2.75, 3.05) is 13.2 Å². The van der Waals surface area contributed by atoms with Crippen molar-refractivity contribution in [3.8, 4) is 0 Å². The van der Waals surface area contributed by atoms with E-state index in [0.29, 0.717) is 0 Å². The van der Waals surface area contributed by atoms with E-state index in [2.05, 4.69) is 0 Å². The number of ether oxygens (including phenoxy) is 1. The lowest BCUT2D eigenvalue weighted by atomic mass is 9.93. The van der Waals surface area contributed by atoms with Crippen molar-refractivity contribution >= 4 is 0 Å². The average Bonchev–Trinajstić information content (AvgIpc) is 2.60. The number of hydrogen-bond donors (Lipinski definition) is 2. The van der Waals surface area contributed by atoms with Gasteiger partial charge in [0.25, 0.3) is 0 Å². The lowest BCUT2D eigenvalue weighted by Gasteiger charge is -2.12. The van der Waals surface area contributed by atoms with Crippen LogP contribution in [0.15, 0.2) is 11.1 Å². The summed E-state index contributed by atoms with van der Waals surface area (Å²) in [4.78, 5) is 0. The molecule has 2 rings (SSSR count). The third kappa shape index (κ3) is 0.922. The van der Waals surface area contributed by atoms with E-state index in [-0.39, 0.29) is 25.4 Å². The van der Waals surface area contributed by atoms with Gasteiger partial charge in [-0.3, -0.25) is 0 Å². The fourth-order valence-corrected chi connectivity index (χ4v) is 1.97. The minimum absolute atomic E-state index is 0.0388. The van der Waals surface area contributed by atoms with Crippen LogP contribution in [0.4, 0.5) is 0 Å². The summed E-state index contributed by atoms with van der Waals surface area (Å²) in [6, 6.07) is 0. The standard InChI is InChI=1S/C8H12O3/c9-3-5-6(4-10)8-2-1-7(5)11-8/h7-10H,1-4H2. The Morgan fingerprint density at radius 3 is 1.91 bits per heavy atom. The molecule has 0 aromatic heterocycles. The molecule has 2 N–H and O–H groups in total. The van der Waals surface area contributed by atoms with Crippen LogP contribution >= 0.6 is 0 Å². The highest BCUT2D eigenvalue weighted by atomic mass is 16.5. The molecule has 0 aliphatic carbocycles. The summed E-state index contributed by atoms with van der Waals surface area (Å²) >= 11 is 0. The highest BCUT2D eigenvalue weighted by Crippen LogP contribution is 2.38. The Morgan fingerprint density at radius 2 is 1.55 bits per heavy atom. The number of hydrogen-bond acceptors (Lipinski definition) is 3. The number of rotatable bonds is 2. The molecular weight excluding hydrogens is 144 g/mol. The van der Waals surface area contributed by atoms with Gasteiger partial charge in [-0.15, -0.1) is 0 Å². The van der Waals surface area contributed by atoms with Gasteiger partial charge in [-0.05, 0) is 24.0 Å². The second kappa shape index (κ2) is 2.59. The molecule has 11 heavy (non-hydrogen) atoms. The van der Waals surface area contributed by atoms with Crippen LogP contribution in [0.5, 0.6) is 0 Å². The van der Waals surface area contributed by atoms with E-state index in [0.717, 1.165) is 24.0 Å². The van der Waals surface area contributed by atoms with Gasteiger partial charge in [0.05, 0.1) is 25.4 Å². The third-order valence-electron chi connectivity index (χ3n) is 2.55. The van der Waals surface area contributed by atoms with Gasteiger partial charge >= 0.3 is 0 Å². The number of aliphatic hydroxyl groups is 2. The van der Waals surface area contributed by atoms with E-state index in [1.807, 2.05) is 0 Å². The van der Waals surface area contributed by atoms with E-state index in [4.69, 9.17) is 14.9 Å². The van der Waals surface area contributed by atoms with E-state index < -0.39 is 0 Å². The van der Waals surface area contributed by atoms with Gasteiger partial charge in [0.1, 0.15) is 0 Å². The minimum Gasteiger partial charge on any atom is -0.392 e. The number of fused-ring (bicyclic) bond motifs is 2. The zero-order valence-electron chi connectivity index (χ0n) is 6.29. The van der Waals surface area contributed by atoms with Crippen molar-refractivity contribution < 1.29 is 14.9 Å². The predicted octanol–water partition coefficient (Wildman–Crippen LogP) is -0.171. The van der Waals surface area contributed by atoms with E-state index >= 15 is 0 Å². The Morgan fingerprint density at radius 1 is 1.09 bits per heavy atom. The van der Waals surface area contributed by atoms with E-state index in [1.54, 1.807) is 0 Å². The minimum atomic E-state index is 0.0388. The van der Waals surface area contributed by atoms with Crippen LogP contribution in [-0.4, -0.2) is 35.6 Å². The van der Waals surface area contributed by atoms with Crippen molar-refractivity contribution in [1.29, 1.82) is 0 Å². The first-order valence-electron chi connectivity index (χ1n) is 3.95. The Bertz CT molecular complexity index is 178. The van der Waals surface area contributed by atoms with Gasteiger partial charge < -0.3 is 14.9 Å². The van der Waals surface area contributed by atoms with Crippen molar-refractivity contribution in [3.63, 3.8) is 0 Å². The largest absolute Gasteiger partial charge is 0.392 e. The van der Waals surface area contributed by atoms with Crippen LogP contribution in [0.1, 0.15) is 12.8 Å². The highest BCUT2D eigenvalue weighted by Gasteiger charge is 2.38. The Kier molecular flexibility index (Phi) is 1.71. The summed E-state index contributed by atoms with van der Waals surface area (Å²) in [5, 5.41) is 17.9. The van der Waals surface area contributed by atoms with Crippen molar-refractivity contribution in [2.24, 2.45) is 0 Å². The summed E-state index contributed by atoms with van der Waals surface area (Å²) in [6.07, 6.45) is 2.22. The first-order valence-corrected chi connectivity index (χ1v) is 3.95. The van der Waals surface area contributed by atoms with E-state index in [9.17, 15) is 0 Å². The maximum absolute atomic E-state index is 8.94. The first kappa shape index (κ1) is 7.28. The van der Waals surface area contributed by atoms with Gasteiger partial charge in [-0.2, -0.15) is 0 Å². The predicted molar refractivity (Wildman–Crippen MR) is 39.1 cm³/mol. The van der Waals surface area contributed by atoms with Gasteiger partial charge in [0, 0.05) is 0 Å². The van der Waals surface area contributed by atoms with Crippen LogP contribution in [0.25, 0.3) is 0 Å². The summed E-state index contributed by atoms with van der Waals surface area (Å²) in [7, 11) is 0. The SMILES string of the molecule is OCC1=C(CO)C2CCC1O2. The molecule has 2 bridgehead atoms. The summed E-state index contributed by atoms with van der Waals surface area (Å²) < 4.78 is 5.49. The third-order valence-corrected chi connectivity index (χ3v) is 2.55. The molecule has 2 atom stereocenters. The Hall–Kier alpha value is -0.380. The molecule has 3 heteroatoms. The summed E-state index contributed by atoms with van der Waals surface area (Å²) in [5.74, 6) is 0. The molecular formula is C8H12O3. The van der Waals surface area contributed by atoms with Crippen LogP contribution in [0.2, 0.25) is 0 Å². The monoisotopic (exact) mass is 156 g/mol. The molecule has 2 heterocycles. The van der Waals surface area contributed by atoms with Crippen LogP contribution in [0, 0.1) is 0 Å². The molecule has 0 amide bonds. The topological polar surface area (TPSA) is 49.7 Å². The van der Waals surface area contributed by atoms with Crippen LogP contribution in [-0.2, 0) is 4.74 Å². The fraction of sp³-hybridized carbons (Fsp3) is 0.750. The second-order valence-electron chi connectivity index (χ2n) is 3.06. The Labute approximate surface area is 65.3 Å². The van der Waals surface area contributed by atoms with Gasteiger partial charge in [0.2, 0.25) is 0 Å². The normalized spacial score (nSPS) is 35.5. The molecule has 3 nitrogen and oxygen atoms in total. The zero-order chi connectivity index (χ0) is 7.84. The first-order chi connectivity index (χ1) is 5.36. The molecule has 2 unspecified atom stereocenters. The molecule has 62 valence electrons. The molecule has 1 saturated heterocycles. The van der Waals surface area contributed by atoms with Crippen molar-refractivity contribution in [3.05, 3.63) is 11.1 Å². The average molecular weight is 156 g/mol. The Balaban J connectivity index is 2.27. The van der Waals surface area contributed by atoms with Crippen LogP contribution in [0.3, 0.4) is 0 Å². The summed E-state index contributed by atoms with van der Waals surface area (Å²) in [6.45, 7) is 0.0775. The lowest BCUT2D eigenvalue weighted by molar-refractivity contribution is 0.103. The van der Waals surface area contributed by atoms with Gasteiger partial charge in [0.15, 0.2) is 0 Å². The molecule has 0 spiro atoms. The fourth-order valence-electron chi connectivity index (χ4n) is 1.97. The molecule has 2 aliphatic rings. The number of aliphatic hydroxyl groups excluding tert-OH is 2. The summed E-state index contributed by atoms with van der Waals surface area (Å²) in [5.41, 5.74) is 1.84. The molecule has 1 fully saturated rings. The van der Waals surface area contributed by atoms with Crippen LogP contribution < -0.4 is 0 Å². The molecule has 0 saturated carbocycles. The zero-order valence-corrected chi connectivity index (χ0v) is 6.29. The van der Waals surface area contributed by atoms with Gasteiger partial charge in [-0.25, -0.2) is 0 Å². The lowest BCUT2D eigenvalue weighted by Crippen LogP contribution is -2.14. The smallest absolute Gasteiger partial charge is 0.0820 e.